The number of ether oxygens (including phenoxy) is 1. The standard InChI is InChI=1S/C22H39N5O2/c1-6-23-22(25-12-15-29-14-10-18(2)3)26-17-19-8-7-9-20(16-19)21(28)24-11-13-27(4)5/h7-9,16,18H,6,10-15,17H2,1-5H3,(H,24,28)(H2,23,25,26). The molecule has 1 rings (SSSR count). The van der Waals surface area contributed by atoms with Gasteiger partial charge in [-0.3, -0.25) is 4.79 Å². The fraction of sp³-hybridized carbons (Fsp3) is 0.636. The fourth-order valence-corrected chi connectivity index (χ4v) is 2.48. The second kappa shape index (κ2) is 14.8. The SMILES string of the molecule is CCNC(=NCc1cccc(C(=O)NCCN(C)C)c1)NCCOCCC(C)C. The van der Waals surface area contributed by atoms with Gasteiger partial charge in [0.25, 0.3) is 5.91 Å². The summed E-state index contributed by atoms with van der Waals surface area (Å²) in [7, 11) is 3.97. The van der Waals surface area contributed by atoms with Crippen molar-refractivity contribution in [1.29, 1.82) is 0 Å². The van der Waals surface area contributed by atoms with E-state index in [9.17, 15) is 4.79 Å². The van der Waals surface area contributed by atoms with E-state index >= 15 is 0 Å². The van der Waals surface area contributed by atoms with Crippen molar-refractivity contribution < 1.29 is 9.53 Å². The number of hydrogen-bond donors (Lipinski definition) is 3. The van der Waals surface area contributed by atoms with Crippen LogP contribution in [0, 0.1) is 5.92 Å². The van der Waals surface area contributed by atoms with Crippen LogP contribution in [0.3, 0.4) is 0 Å². The number of nitrogens with zero attached hydrogens (tertiary/aromatic N) is 2. The molecule has 0 heterocycles. The van der Waals surface area contributed by atoms with Crippen LogP contribution in [0.25, 0.3) is 0 Å². The Bertz CT molecular complexity index is 617. The summed E-state index contributed by atoms with van der Waals surface area (Å²) in [6, 6.07) is 7.61. The molecule has 0 unspecified atom stereocenters. The van der Waals surface area contributed by atoms with Crippen LogP contribution in [-0.2, 0) is 11.3 Å². The van der Waals surface area contributed by atoms with Gasteiger partial charge in [0.2, 0.25) is 0 Å². The molecule has 0 aliphatic rings. The lowest BCUT2D eigenvalue weighted by Crippen LogP contribution is -2.39. The highest BCUT2D eigenvalue weighted by molar-refractivity contribution is 5.94. The molecule has 7 nitrogen and oxygen atoms in total. The van der Waals surface area contributed by atoms with E-state index in [0.717, 1.165) is 37.6 Å². The van der Waals surface area contributed by atoms with Gasteiger partial charge in [-0.1, -0.05) is 26.0 Å². The Morgan fingerprint density at radius 2 is 1.93 bits per heavy atom. The molecule has 1 aromatic carbocycles. The van der Waals surface area contributed by atoms with E-state index in [0.29, 0.717) is 37.7 Å². The number of rotatable bonds is 13. The first-order valence-corrected chi connectivity index (χ1v) is 10.5. The number of likely N-dealkylation sites (N-methyl/N-ethyl adjacent to an activating group) is 1. The number of carbonyl (C=O) groups is 1. The zero-order valence-corrected chi connectivity index (χ0v) is 18.8. The minimum Gasteiger partial charge on any atom is -0.380 e. The van der Waals surface area contributed by atoms with Gasteiger partial charge in [-0.25, -0.2) is 4.99 Å². The second-order valence-corrected chi connectivity index (χ2v) is 7.68. The Morgan fingerprint density at radius 1 is 1.14 bits per heavy atom. The molecule has 7 heteroatoms. The highest BCUT2D eigenvalue weighted by atomic mass is 16.5. The largest absolute Gasteiger partial charge is 0.380 e. The van der Waals surface area contributed by atoms with Crippen LogP contribution in [0.1, 0.15) is 43.1 Å². The van der Waals surface area contributed by atoms with Crippen LogP contribution in [0.15, 0.2) is 29.3 Å². The Morgan fingerprint density at radius 3 is 2.62 bits per heavy atom. The molecule has 0 saturated carbocycles. The molecule has 0 aromatic heterocycles. The Kier molecular flexibility index (Phi) is 12.7. The summed E-state index contributed by atoms with van der Waals surface area (Å²) in [5, 5.41) is 9.46. The van der Waals surface area contributed by atoms with Crippen molar-refractivity contribution >= 4 is 11.9 Å². The van der Waals surface area contributed by atoms with E-state index in [1.54, 1.807) is 0 Å². The Balaban J connectivity index is 2.51. The Labute approximate surface area is 176 Å². The number of guanidine groups is 1. The van der Waals surface area contributed by atoms with Crippen molar-refractivity contribution in [2.24, 2.45) is 10.9 Å². The van der Waals surface area contributed by atoms with Gasteiger partial charge in [-0.15, -0.1) is 0 Å². The van der Waals surface area contributed by atoms with Crippen LogP contribution < -0.4 is 16.0 Å². The molecular weight excluding hydrogens is 366 g/mol. The molecule has 29 heavy (non-hydrogen) atoms. The lowest BCUT2D eigenvalue weighted by atomic mass is 10.1. The maximum atomic E-state index is 12.3. The van der Waals surface area contributed by atoms with Gasteiger partial charge in [-0.05, 0) is 51.1 Å². The fourth-order valence-electron chi connectivity index (χ4n) is 2.48. The molecule has 0 radical (unpaired) electrons. The van der Waals surface area contributed by atoms with Gasteiger partial charge >= 0.3 is 0 Å². The molecule has 0 atom stereocenters. The van der Waals surface area contributed by atoms with E-state index in [1.165, 1.54) is 0 Å². The number of nitrogens with one attached hydrogen (secondary N) is 3. The van der Waals surface area contributed by atoms with E-state index in [1.807, 2.05) is 50.2 Å². The number of amides is 1. The van der Waals surface area contributed by atoms with E-state index in [2.05, 4.69) is 34.8 Å². The number of carbonyl (C=O) groups excluding carboxylic acids is 1. The summed E-state index contributed by atoms with van der Waals surface area (Å²) in [6.07, 6.45) is 1.08. The minimum atomic E-state index is -0.0544. The molecule has 1 amide bonds. The summed E-state index contributed by atoms with van der Waals surface area (Å²) >= 11 is 0. The number of hydrogen-bond acceptors (Lipinski definition) is 4. The van der Waals surface area contributed by atoms with Crippen molar-refractivity contribution in [1.82, 2.24) is 20.9 Å². The van der Waals surface area contributed by atoms with Gasteiger partial charge in [0.05, 0.1) is 13.2 Å². The number of aliphatic imine (C=N–C) groups is 1. The number of benzene rings is 1. The van der Waals surface area contributed by atoms with Gasteiger partial charge < -0.3 is 25.6 Å². The molecule has 164 valence electrons. The molecule has 0 spiro atoms. The van der Waals surface area contributed by atoms with Crippen molar-refractivity contribution in [3.05, 3.63) is 35.4 Å². The first-order valence-electron chi connectivity index (χ1n) is 10.5. The highest BCUT2D eigenvalue weighted by Crippen LogP contribution is 2.07. The maximum absolute atomic E-state index is 12.3. The van der Waals surface area contributed by atoms with Crippen molar-refractivity contribution in [2.75, 3.05) is 53.5 Å². The summed E-state index contributed by atoms with van der Waals surface area (Å²) in [5.74, 6) is 1.36. The average Bonchev–Trinajstić information content (AvgIpc) is 2.68. The topological polar surface area (TPSA) is 78.0 Å². The summed E-state index contributed by atoms with van der Waals surface area (Å²) in [6.45, 7) is 11.3. The average molecular weight is 406 g/mol. The van der Waals surface area contributed by atoms with Crippen LogP contribution >= 0.6 is 0 Å². The van der Waals surface area contributed by atoms with Crippen molar-refractivity contribution in [3.63, 3.8) is 0 Å². The zero-order chi connectivity index (χ0) is 21.5. The van der Waals surface area contributed by atoms with Crippen LogP contribution in [0.4, 0.5) is 0 Å². The van der Waals surface area contributed by atoms with Gasteiger partial charge in [0, 0.05) is 38.3 Å². The second-order valence-electron chi connectivity index (χ2n) is 7.68. The molecule has 0 aliphatic heterocycles. The minimum absolute atomic E-state index is 0.0544. The summed E-state index contributed by atoms with van der Waals surface area (Å²) in [5.41, 5.74) is 1.66. The third-order valence-electron chi connectivity index (χ3n) is 4.18. The summed E-state index contributed by atoms with van der Waals surface area (Å²) < 4.78 is 5.63. The molecule has 0 fully saturated rings. The van der Waals surface area contributed by atoms with Crippen LogP contribution in [-0.4, -0.2) is 70.3 Å². The zero-order valence-electron chi connectivity index (χ0n) is 18.8. The normalized spacial score (nSPS) is 11.8. The van der Waals surface area contributed by atoms with Crippen molar-refractivity contribution in [3.8, 4) is 0 Å². The quantitative estimate of drug-likeness (QED) is 0.266. The van der Waals surface area contributed by atoms with Gasteiger partial charge in [0.15, 0.2) is 5.96 Å². The van der Waals surface area contributed by atoms with Crippen molar-refractivity contribution in [2.45, 2.75) is 33.7 Å². The molecule has 0 bridgehead atoms. The third-order valence-corrected chi connectivity index (χ3v) is 4.18. The van der Waals surface area contributed by atoms with E-state index in [4.69, 9.17) is 4.74 Å². The lowest BCUT2D eigenvalue weighted by Gasteiger charge is -2.12. The first-order chi connectivity index (χ1) is 13.9. The molecule has 0 saturated heterocycles. The third kappa shape index (κ3) is 12.1. The monoisotopic (exact) mass is 405 g/mol. The smallest absolute Gasteiger partial charge is 0.251 e. The molecule has 0 aliphatic carbocycles. The lowest BCUT2D eigenvalue weighted by molar-refractivity contribution is 0.0951. The van der Waals surface area contributed by atoms with E-state index < -0.39 is 0 Å². The van der Waals surface area contributed by atoms with Crippen LogP contribution in [0.2, 0.25) is 0 Å². The first kappa shape index (κ1) is 24.9. The highest BCUT2D eigenvalue weighted by Gasteiger charge is 2.06. The predicted molar refractivity (Wildman–Crippen MR) is 120 cm³/mol. The summed E-state index contributed by atoms with van der Waals surface area (Å²) in [4.78, 5) is 18.9. The van der Waals surface area contributed by atoms with Crippen LogP contribution in [0.5, 0.6) is 0 Å². The Hall–Kier alpha value is -2.12. The van der Waals surface area contributed by atoms with E-state index in [-0.39, 0.29) is 5.91 Å². The maximum Gasteiger partial charge on any atom is 0.251 e. The predicted octanol–water partition coefficient (Wildman–Crippen LogP) is 2.10. The van der Waals surface area contributed by atoms with Gasteiger partial charge in [-0.2, -0.15) is 0 Å². The van der Waals surface area contributed by atoms with Gasteiger partial charge in [0.1, 0.15) is 0 Å². The molecule has 1 aromatic rings. The molecular formula is C22H39N5O2. The molecule has 3 N–H and O–H groups in total.